The third-order valence-corrected chi connectivity index (χ3v) is 6.20. The number of carbonyl (C=O) groups excluding carboxylic acids is 1. The van der Waals surface area contributed by atoms with Gasteiger partial charge in [0, 0.05) is 29.7 Å². The zero-order valence-electron chi connectivity index (χ0n) is 17.6. The summed E-state index contributed by atoms with van der Waals surface area (Å²) in [6.45, 7) is 3.17. The molecule has 1 atom stereocenters. The first kappa shape index (κ1) is 22.8. The van der Waals surface area contributed by atoms with Crippen molar-refractivity contribution < 1.29 is 9.53 Å². The van der Waals surface area contributed by atoms with Crippen molar-refractivity contribution in [1.29, 1.82) is 0 Å². The molecule has 0 aliphatic carbocycles. The summed E-state index contributed by atoms with van der Waals surface area (Å²) in [7, 11) is 1.30. The maximum Gasteiger partial charge on any atom is 0.339 e. The molecule has 1 fully saturated rings. The number of halogens is 1. The largest absolute Gasteiger partial charge is 0.465 e. The molecule has 3 rings (SSSR count). The summed E-state index contributed by atoms with van der Waals surface area (Å²) in [6.07, 6.45) is 1.81. The summed E-state index contributed by atoms with van der Waals surface area (Å²) >= 11 is 3.40. The molecule has 8 nitrogen and oxygen atoms in total. The van der Waals surface area contributed by atoms with Crippen LogP contribution in [0.3, 0.4) is 0 Å². The molecular formula is C22H25BrN4O4. The fourth-order valence-corrected chi connectivity index (χ4v) is 4.23. The van der Waals surface area contributed by atoms with Gasteiger partial charge in [0.25, 0.3) is 5.56 Å². The molecule has 1 aromatic carbocycles. The topological polar surface area (TPSA) is 99.6 Å². The van der Waals surface area contributed by atoms with Gasteiger partial charge in [0.1, 0.15) is 5.82 Å². The van der Waals surface area contributed by atoms with Crippen molar-refractivity contribution in [3.8, 4) is 11.8 Å². The maximum atomic E-state index is 13.3. The van der Waals surface area contributed by atoms with Crippen LogP contribution in [0.5, 0.6) is 0 Å². The highest BCUT2D eigenvalue weighted by Crippen LogP contribution is 2.23. The van der Waals surface area contributed by atoms with Crippen LogP contribution in [0.4, 0.5) is 5.82 Å². The molecule has 0 radical (unpaired) electrons. The van der Waals surface area contributed by atoms with Gasteiger partial charge in [0.2, 0.25) is 0 Å². The van der Waals surface area contributed by atoms with E-state index in [4.69, 9.17) is 10.5 Å². The molecule has 1 aromatic heterocycles. The Morgan fingerprint density at radius 3 is 2.77 bits per heavy atom. The van der Waals surface area contributed by atoms with E-state index >= 15 is 0 Å². The number of benzene rings is 1. The van der Waals surface area contributed by atoms with Crippen molar-refractivity contribution in [2.45, 2.75) is 38.9 Å². The average molecular weight is 489 g/mol. The highest BCUT2D eigenvalue weighted by Gasteiger charge is 2.22. The number of methoxy groups -OCH3 is 1. The molecule has 0 amide bonds. The van der Waals surface area contributed by atoms with Crippen LogP contribution < -0.4 is 21.9 Å². The number of aromatic nitrogens is 2. The van der Waals surface area contributed by atoms with Crippen LogP contribution in [-0.2, 0) is 17.8 Å². The molecule has 0 saturated carbocycles. The Hall–Kier alpha value is -2.83. The Balaban J connectivity index is 2.08. The molecule has 2 aromatic rings. The van der Waals surface area contributed by atoms with Gasteiger partial charge in [-0.3, -0.25) is 13.9 Å². The van der Waals surface area contributed by atoms with Gasteiger partial charge in [-0.05, 0) is 47.3 Å². The van der Waals surface area contributed by atoms with Crippen LogP contribution in [0, 0.1) is 11.8 Å². The highest BCUT2D eigenvalue weighted by atomic mass is 79.9. The number of nitrogens with zero attached hydrogens (tertiary/aromatic N) is 3. The number of carbonyl (C=O) groups is 1. The van der Waals surface area contributed by atoms with Crippen LogP contribution >= 0.6 is 15.9 Å². The van der Waals surface area contributed by atoms with Gasteiger partial charge in [-0.2, -0.15) is 0 Å². The molecule has 9 heteroatoms. The molecule has 1 saturated heterocycles. The molecule has 2 N–H and O–H groups in total. The summed E-state index contributed by atoms with van der Waals surface area (Å²) in [5.41, 5.74) is 6.16. The first-order chi connectivity index (χ1) is 14.9. The number of hydrogen-bond acceptors (Lipinski definition) is 6. The lowest BCUT2D eigenvalue weighted by Crippen LogP contribution is -2.48. The Bertz CT molecular complexity index is 1160. The molecule has 1 aliphatic rings. The molecule has 0 unspecified atom stereocenters. The van der Waals surface area contributed by atoms with E-state index in [0.717, 1.165) is 24.0 Å². The number of rotatable bonds is 5. The predicted octanol–water partition coefficient (Wildman–Crippen LogP) is 1.56. The van der Waals surface area contributed by atoms with Gasteiger partial charge in [0.15, 0.2) is 0 Å². The molecular weight excluding hydrogens is 464 g/mol. The first-order valence-corrected chi connectivity index (χ1v) is 10.8. The van der Waals surface area contributed by atoms with Crippen molar-refractivity contribution in [2.24, 2.45) is 5.73 Å². The van der Waals surface area contributed by atoms with E-state index in [1.165, 1.54) is 17.7 Å². The molecule has 1 aliphatic heterocycles. The number of ether oxygens (including phenoxy) is 1. The van der Waals surface area contributed by atoms with E-state index in [1.54, 1.807) is 25.1 Å². The average Bonchev–Trinajstić information content (AvgIpc) is 2.76. The van der Waals surface area contributed by atoms with E-state index in [1.807, 2.05) is 4.90 Å². The number of piperidine rings is 1. The minimum Gasteiger partial charge on any atom is -0.465 e. The highest BCUT2D eigenvalue weighted by molar-refractivity contribution is 9.10. The second-order valence-corrected chi connectivity index (χ2v) is 8.13. The Morgan fingerprint density at radius 2 is 2.10 bits per heavy atom. The van der Waals surface area contributed by atoms with Gasteiger partial charge in [-0.15, -0.1) is 5.92 Å². The van der Waals surface area contributed by atoms with E-state index in [0.29, 0.717) is 28.0 Å². The Labute approximate surface area is 188 Å². The normalized spacial score (nSPS) is 15.9. The zero-order valence-corrected chi connectivity index (χ0v) is 19.1. The smallest absolute Gasteiger partial charge is 0.339 e. The van der Waals surface area contributed by atoms with E-state index in [9.17, 15) is 14.4 Å². The fraction of sp³-hybridized carbons (Fsp3) is 0.409. The van der Waals surface area contributed by atoms with Crippen LogP contribution in [-0.4, -0.2) is 41.3 Å². The summed E-state index contributed by atoms with van der Waals surface area (Å²) in [5, 5.41) is 0. The van der Waals surface area contributed by atoms with Gasteiger partial charge in [-0.25, -0.2) is 9.59 Å². The van der Waals surface area contributed by atoms with Gasteiger partial charge < -0.3 is 15.4 Å². The van der Waals surface area contributed by atoms with Crippen LogP contribution in [0.15, 0.2) is 38.3 Å². The zero-order chi connectivity index (χ0) is 22.5. The maximum absolute atomic E-state index is 13.3. The summed E-state index contributed by atoms with van der Waals surface area (Å²) in [6, 6.07) is 6.50. The minimum absolute atomic E-state index is 0.00241. The van der Waals surface area contributed by atoms with Crippen LogP contribution in [0.2, 0.25) is 0 Å². The molecule has 2 heterocycles. The Morgan fingerprint density at radius 1 is 1.32 bits per heavy atom. The molecule has 31 heavy (non-hydrogen) atoms. The van der Waals surface area contributed by atoms with Gasteiger partial charge in [-0.1, -0.05) is 18.1 Å². The lowest BCUT2D eigenvalue weighted by atomic mass is 10.1. The van der Waals surface area contributed by atoms with Gasteiger partial charge >= 0.3 is 11.7 Å². The fourth-order valence-electron chi connectivity index (χ4n) is 3.68. The van der Waals surface area contributed by atoms with Crippen molar-refractivity contribution in [2.75, 3.05) is 25.1 Å². The monoisotopic (exact) mass is 488 g/mol. The second-order valence-electron chi connectivity index (χ2n) is 7.34. The quantitative estimate of drug-likeness (QED) is 0.506. The van der Waals surface area contributed by atoms with E-state index in [2.05, 4.69) is 27.8 Å². The Kier molecular flexibility index (Phi) is 7.36. The second kappa shape index (κ2) is 9.98. The van der Waals surface area contributed by atoms with Gasteiger partial charge in [0.05, 0.1) is 25.8 Å². The summed E-state index contributed by atoms with van der Waals surface area (Å²) in [5.74, 6) is 5.75. The number of nitrogens with two attached hydrogens (primary N) is 1. The number of anilines is 1. The summed E-state index contributed by atoms with van der Waals surface area (Å²) in [4.78, 5) is 40.2. The van der Waals surface area contributed by atoms with Crippen LogP contribution in [0.1, 0.15) is 35.7 Å². The third kappa shape index (κ3) is 4.92. The van der Waals surface area contributed by atoms with Crippen LogP contribution in [0.25, 0.3) is 0 Å². The molecule has 0 bridgehead atoms. The lowest BCUT2D eigenvalue weighted by Gasteiger charge is -2.33. The van der Waals surface area contributed by atoms with Crippen molar-refractivity contribution in [1.82, 2.24) is 9.13 Å². The predicted molar refractivity (Wildman–Crippen MR) is 122 cm³/mol. The summed E-state index contributed by atoms with van der Waals surface area (Å²) < 4.78 is 7.93. The van der Waals surface area contributed by atoms with Crippen molar-refractivity contribution >= 4 is 27.7 Å². The number of hydrogen-bond donors (Lipinski definition) is 1. The SMILES string of the molecule is CC#CCn1c(N2CCC[C@@H](N)C2)cc(=O)n(Cc2cccc(C(=O)OC)c2Br)c1=O. The molecule has 0 spiro atoms. The van der Waals surface area contributed by atoms with E-state index < -0.39 is 17.2 Å². The standard InChI is InChI=1S/C22H25BrN4O4/c1-3-4-11-26-18(25-10-6-8-16(24)14-25)12-19(28)27(22(26)30)13-15-7-5-9-17(20(15)23)21(29)31-2/h5,7,9,12,16H,6,8,10-11,13-14,24H2,1-2H3/t16-/m1/s1. The molecule has 164 valence electrons. The first-order valence-electron chi connectivity index (χ1n) is 9.97. The van der Waals surface area contributed by atoms with Crippen molar-refractivity contribution in [3.05, 3.63) is 60.7 Å². The third-order valence-electron chi connectivity index (χ3n) is 5.27. The lowest BCUT2D eigenvalue weighted by molar-refractivity contribution is 0.0599. The minimum atomic E-state index is -0.506. The number of esters is 1. The van der Waals surface area contributed by atoms with E-state index in [-0.39, 0.29) is 19.1 Å². The van der Waals surface area contributed by atoms with Crippen molar-refractivity contribution in [3.63, 3.8) is 0 Å².